The lowest BCUT2D eigenvalue weighted by Crippen LogP contribution is -2.30. The summed E-state index contributed by atoms with van der Waals surface area (Å²) in [6.07, 6.45) is 3.56. The van der Waals surface area contributed by atoms with E-state index in [9.17, 15) is 5.26 Å². The first-order valence-electron chi connectivity index (χ1n) is 6.98. The molecule has 5 heteroatoms. The molecule has 1 aliphatic rings. The molecule has 3 rings (SSSR count). The number of nitriles is 1. The molecule has 2 heterocycles. The summed E-state index contributed by atoms with van der Waals surface area (Å²) < 4.78 is 0. The number of nitrogens with zero attached hydrogens (tertiary/aromatic N) is 5. The number of aryl methyl sites for hydroxylation is 1. The van der Waals surface area contributed by atoms with Gasteiger partial charge in [-0.25, -0.2) is 0 Å². The van der Waals surface area contributed by atoms with Gasteiger partial charge in [0.1, 0.15) is 6.07 Å². The van der Waals surface area contributed by atoms with Gasteiger partial charge < -0.3 is 4.90 Å². The number of anilines is 1. The summed E-state index contributed by atoms with van der Waals surface area (Å²) in [6.45, 7) is 3.94. The van der Waals surface area contributed by atoms with E-state index in [2.05, 4.69) is 21.2 Å². The number of benzene rings is 1. The van der Waals surface area contributed by atoms with E-state index >= 15 is 0 Å². The summed E-state index contributed by atoms with van der Waals surface area (Å²) in [4.78, 5) is 3.75. The highest BCUT2D eigenvalue weighted by molar-refractivity contribution is 5.51. The predicted octanol–water partition coefficient (Wildman–Crippen LogP) is 2.44. The van der Waals surface area contributed by atoms with Crippen LogP contribution in [0.5, 0.6) is 0 Å². The fourth-order valence-corrected chi connectivity index (χ4v) is 2.59. The topological polar surface area (TPSA) is 57.7 Å². The van der Waals surface area contributed by atoms with Crippen molar-refractivity contribution >= 4 is 5.82 Å². The molecule has 1 aromatic carbocycles. The van der Waals surface area contributed by atoms with Crippen molar-refractivity contribution in [3.8, 4) is 11.8 Å². The van der Waals surface area contributed by atoms with Crippen LogP contribution in [0.4, 0.5) is 5.82 Å². The molecule has 1 aromatic heterocycles. The Bertz CT molecular complexity index is 647. The molecule has 0 atom stereocenters. The van der Waals surface area contributed by atoms with Gasteiger partial charge >= 0.3 is 0 Å². The Morgan fingerprint density at radius 1 is 1.10 bits per heavy atom. The summed E-state index contributed by atoms with van der Waals surface area (Å²) >= 11 is 0. The van der Waals surface area contributed by atoms with Gasteiger partial charge in [-0.2, -0.15) is 5.26 Å². The first-order valence-corrected chi connectivity index (χ1v) is 6.98. The average molecular weight is 267 g/mol. The molecular weight excluding hydrogens is 250 g/mol. The number of piperidine rings is 1. The number of hydrogen-bond acceptors (Lipinski definition) is 4. The molecule has 2 aromatic rings. The first-order chi connectivity index (χ1) is 9.79. The molecule has 0 aliphatic carbocycles. The minimum absolute atomic E-state index is 0.412. The Morgan fingerprint density at radius 2 is 1.85 bits per heavy atom. The van der Waals surface area contributed by atoms with E-state index in [4.69, 9.17) is 0 Å². The van der Waals surface area contributed by atoms with Crippen molar-refractivity contribution in [1.82, 2.24) is 15.0 Å². The minimum atomic E-state index is 0.412. The maximum absolute atomic E-state index is 9.29. The average Bonchev–Trinajstić information content (AvgIpc) is 2.92. The van der Waals surface area contributed by atoms with Gasteiger partial charge in [-0.05, 0) is 37.8 Å². The van der Waals surface area contributed by atoms with E-state index in [1.165, 1.54) is 6.42 Å². The molecular formula is C15H17N5. The zero-order valence-electron chi connectivity index (χ0n) is 11.6. The number of aromatic nitrogens is 3. The largest absolute Gasteiger partial charge is 0.353 e. The second-order valence-corrected chi connectivity index (χ2v) is 5.11. The standard InChI is InChI=1S/C15H17N5/c1-12-7-3-4-8-14(12)20-17-13(11-16)15(18-20)19-9-5-2-6-10-19/h3-4,7-8H,2,5-6,9-10H2,1H3. The van der Waals surface area contributed by atoms with E-state index in [1.54, 1.807) is 4.80 Å². The molecule has 20 heavy (non-hydrogen) atoms. The van der Waals surface area contributed by atoms with E-state index < -0.39 is 0 Å². The summed E-state index contributed by atoms with van der Waals surface area (Å²) in [5, 5.41) is 18.2. The Hall–Kier alpha value is -2.35. The van der Waals surface area contributed by atoms with E-state index in [1.807, 2.05) is 31.2 Å². The van der Waals surface area contributed by atoms with Crippen molar-refractivity contribution < 1.29 is 0 Å². The smallest absolute Gasteiger partial charge is 0.207 e. The van der Waals surface area contributed by atoms with E-state index in [0.29, 0.717) is 5.69 Å². The molecule has 0 N–H and O–H groups in total. The molecule has 1 saturated heterocycles. The van der Waals surface area contributed by atoms with Crippen LogP contribution in [0, 0.1) is 18.3 Å². The van der Waals surface area contributed by atoms with Crippen molar-refractivity contribution in [3.05, 3.63) is 35.5 Å². The van der Waals surface area contributed by atoms with Gasteiger partial charge in [0.05, 0.1) is 5.69 Å². The zero-order valence-corrected chi connectivity index (χ0v) is 11.6. The zero-order chi connectivity index (χ0) is 13.9. The highest BCUT2D eigenvalue weighted by atomic mass is 15.5. The quantitative estimate of drug-likeness (QED) is 0.838. The van der Waals surface area contributed by atoms with Crippen LogP contribution in [0.2, 0.25) is 0 Å². The van der Waals surface area contributed by atoms with Crippen molar-refractivity contribution in [2.75, 3.05) is 18.0 Å². The lowest BCUT2D eigenvalue weighted by Gasteiger charge is -2.26. The van der Waals surface area contributed by atoms with Crippen LogP contribution in [0.1, 0.15) is 30.5 Å². The molecule has 0 unspecified atom stereocenters. The summed E-state index contributed by atoms with van der Waals surface area (Å²) in [5.41, 5.74) is 2.43. The van der Waals surface area contributed by atoms with Crippen LogP contribution in [-0.4, -0.2) is 28.1 Å². The molecule has 1 aliphatic heterocycles. The van der Waals surface area contributed by atoms with Crippen LogP contribution >= 0.6 is 0 Å². The van der Waals surface area contributed by atoms with Crippen molar-refractivity contribution in [1.29, 1.82) is 5.26 Å². The minimum Gasteiger partial charge on any atom is -0.353 e. The van der Waals surface area contributed by atoms with Crippen molar-refractivity contribution in [3.63, 3.8) is 0 Å². The van der Waals surface area contributed by atoms with Crippen molar-refractivity contribution in [2.45, 2.75) is 26.2 Å². The van der Waals surface area contributed by atoms with Crippen LogP contribution in [0.25, 0.3) is 5.69 Å². The molecule has 0 bridgehead atoms. The second-order valence-electron chi connectivity index (χ2n) is 5.11. The fourth-order valence-electron chi connectivity index (χ4n) is 2.59. The molecule has 0 saturated carbocycles. The molecule has 1 fully saturated rings. The van der Waals surface area contributed by atoms with Gasteiger partial charge in [0.2, 0.25) is 5.69 Å². The van der Waals surface area contributed by atoms with Gasteiger partial charge in [0, 0.05) is 13.1 Å². The number of rotatable bonds is 2. The third kappa shape index (κ3) is 2.25. The lowest BCUT2D eigenvalue weighted by molar-refractivity contribution is 0.571. The third-order valence-corrected chi connectivity index (χ3v) is 3.69. The summed E-state index contributed by atoms with van der Waals surface area (Å²) in [5.74, 6) is 0.718. The van der Waals surface area contributed by atoms with Crippen LogP contribution in [0.3, 0.4) is 0 Å². The van der Waals surface area contributed by atoms with Crippen LogP contribution in [-0.2, 0) is 0 Å². The predicted molar refractivity (Wildman–Crippen MR) is 76.9 cm³/mol. The molecule has 0 spiro atoms. The highest BCUT2D eigenvalue weighted by Crippen LogP contribution is 2.22. The van der Waals surface area contributed by atoms with E-state index in [-0.39, 0.29) is 0 Å². The van der Waals surface area contributed by atoms with Gasteiger partial charge in [0.15, 0.2) is 5.82 Å². The SMILES string of the molecule is Cc1ccccc1-n1nc(C#N)c(N2CCCCC2)n1. The first kappa shape index (κ1) is 12.7. The molecule has 0 radical (unpaired) electrons. The molecule has 5 nitrogen and oxygen atoms in total. The summed E-state index contributed by atoms with van der Waals surface area (Å²) in [7, 11) is 0. The van der Waals surface area contributed by atoms with Gasteiger partial charge in [-0.1, -0.05) is 18.2 Å². The fraction of sp³-hybridized carbons (Fsp3) is 0.400. The van der Waals surface area contributed by atoms with Gasteiger partial charge in [-0.3, -0.25) is 0 Å². The Morgan fingerprint density at radius 3 is 2.55 bits per heavy atom. The third-order valence-electron chi connectivity index (χ3n) is 3.69. The Kier molecular flexibility index (Phi) is 3.38. The van der Waals surface area contributed by atoms with Gasteiger partial charge in [0.25, 0.3) is 0 Å². The molecule has 0 amide bonds. The number of para-hydroxylation sites is 1. The second kappa shape index (κ2) is 5.33. The monoisotopic (exact) mass is 267 g/mol. The Balaban J connectivity index is 2.01. The van der Waals surface area contributed by atoms with E-state index in [0.717, 1.165) is 43.0 Å². The highest BCUT2D eigenvalue weighted by Gasteiger charge is 2.20. The summed E-state index contributed by atoms with van der Waals surface area (Å²) in [6, 6.07) is 10.1. The normalized spacial score (nSPS) is 15.1. The number of hydrogen-bond donors (Lipinski definition) is 0. The van der Waals surface area contributed by atoms with Crippen LogP contribution in [0.15, 0.2) is 24.3 Å². The van der Waals surface area contributed by atoms with Gasteiger partial charge in [-0.15, -0.1) is 15.0 Å². The van der Waals surface area contributed by atoms with Crippen molar-refractivity contribution in [2.24, 2.45) is 0 Å². The Labute approximate surface area is 118 Å². The molecule has 102 valence electrons. The lowest BCUT2D eigenvalue weighted by atomic mass is 10.1. The van der Waals surface area contributed by atoms with Crippen LogP contribution < -0.4 is 4.90 Å². The maximum atomic E-state index is 9.29. The maximum Gasteiger partial charge on any atom is 0.207 e.